The fourth-order valence-corrected chi connectivity index (χ4v) is 3.68. The van der Waals surface area contributed by atoms with Gasteiger partial charge in [0.15, 0.2) is 6.10 Å². The monoisotopic (exact) mass is 327 g/mol. The molecule has 0 saturated heterocycles. The van der Waals surface area contributed by atoms with Crippen molar-refractivity contribution in [2.24, 2.45) is 0 Å². The highest BCUT2D eigenvalue weighted by Crippen LogP contribution is 2.38. The van der Waals surface area contributed by atoms with Crippen LogP contribution in [-0.4, -0.2) is 45.5 Å². The average Bonchev–Trinajstić information content (AvgIpc) is 2.87. The summed E-state index contributed by atoms with van der Waals surface area (Å²) in [5.41, 5.74) is 2.10. The number of hydrogen-bond donors (Lipinski definition) is 0. The Bertz CT molecular complexity index is 709. The lowest BCUT2D eigenvalue weighted by atomic mass is 10.0. The van der Waals surface area contributed by atoms with Crippen molar-refractivity contribution in [3.8, 4) is 5.75 Å². The third-order valence-electron chi connectivity index (χ3n) is 3.84. The van der Waals surface area contributed by atoms with E-state index in [9.17, 15) is 13.2 Å². The minimum absolute atomic E-state index is 0.252. The number of carbonyl (C=O) groups is 1. The van der Waals surface area contributed by atoms with E-state index in [-0.39, 0.29) is 11.5 Å². The Morgan fingerprint density at radius 3 is 2.55 bits per heavy atom. The highest BCUT2D eigenvalue weighted by molar-refractivity contribution is 7.89. The Morgan fingerprint density at radius 1 is 1.36 bits per heavy atom. The lowest BCUT2D eigenvalue weighted by molar-refractivity contribution is -0.150. The van der Waals surface area contributed by atoms with Crippen LogP contribution in [0.3, 0.4) is 0 Å². The van der Waals surface area contributed by atoms with Crippen LogP contribution in [0.4, 0.5) is 0 Å². The summed E-state index contributed by atoms with van der Waals surface area (Å²) in [5.74, 6) is 0.168. The van der Waals surface area contributed by atoms with E-state index in [4.69, 9.17) is 9.47 Å². The van der Waals surface area contributed by atoms with Crippen LogP contribution >= 0.6 is 0 Å². The van der Waals surface area contributed by atoms with Gasteiger partial charge in [0.25, 0.3) is 0 Å². The number of nitrogens with zero attached hydrogens (tertiary/aromatic N) is 1. The second-order valence-corrected chi connectivity index (χ2v) is 7.58. The van der Waals surface area contributed by atoms with Gasteiger partial charge in [-0.3, -0.25) is 0 Å². The van der Waals surface area contributed by atoms with Crippen LogP contribution in [0.1, 0.15) is 23.6 Å². The number of fused-ring (bicyclic) bond motifs is 1. The lowest BCUT2D eigenvalue weighted by Gasteiger charge is -2.17. The van der Waals surface area contributed by atoms with Crippen molar-refractivity contribution in [1.29, 1.82) is 0 Å². The molecule has 1 heterocycles. The molecular weight excluding hydrogens is 306 g/mol. The Labute approximate surface area is 131 Å². The van der Waals surface area contributed by atoms with Gasteiger partial charge in [0.1, 0.15) is 5.75 Å². The van der Waals surface area contributed by atoms with Gasteiger partial charge in [-0.15, -0.1) is 0 Å². The molecule has 1 aliphatic heterocycles. The van der Waals surface area contributed by atoms with Crippen molar-refractivity contribution < 1.29 is 22.7 Å². The summed E-state index contributed by atoms with van der Waals surface area (Å²) in [4.78, 5) is 12.1. The first-order valence-electron chi connectivity index (χ1n) is 7.09. The van der Waals surface area contributed by atoms with Gasteiger partial charge in [0.05, 0.1) is 11.5 Å². The number of ether oxygens (including phenoxy) is 2. The Hall–Kier alpha value is -1.60. The predicted octanol–water partition coefficient (Wildman–Crippen LogP) is 1.42. The first-order valence-corrected chi connectivity index (χ1v) is 8.53. The van der Waals surface area contributed by atoms with E-state index < -0.39 is 22.1 Å². The van der Waals surface area contributed by atoms with Crippen molar-refractivity contribution >= 4 is 16.0 Å². The maximum atomic E-state index is 12.4. The smallest absolute Gasteiger partial charge is 0.347 e. The molecule has 1 aromatic rings. The van der Waals surface area contributed by atoms with E-state index >= 15 is 0 Å². The number of rotatable bonds is 4. The highest BCUT2D eigenvalue weighted by atomic mass is 32.2. The van der Waals surface area contributed by atoms with Crippen LogP contribution in [-0.2, 0) is 26.0 Å². The van der Waals surface area contributed by atoms with E-state index in [0.717, 1.165) is 11.1 Å². The highest BCUT2D eigenvalue weighted by Gasteiger charge is 2.34. The topological polar surface area (TPSA) is 72.9 Å². The van der Waals surface area contributed by atoms with Crippen LogP contribution in [0.25, 0.3) is 0 Å². The Kier molecular flexibility index (Phi) is 4.49. The van der Waals surface area contributed by atoms with Gasteiger partial charge in [0.2, 0.25) is 10.0 Å². The molecular formula is C15H21NO5S. The van der Waals surface area contributed by atoms with E-state index in [0.29, 0.717) is 17.7 Å². The minimum atomic E-state index is -3.54. The van der Waals surface area contributed by atoms with Gasteiger partial charge >= 0.3 is 5.97 Å². The van der Waals surface area contributed by atoms with Crippen molar-refractivity contribution in [3.63, 3.8) is 0 Å². The summed E-state index contributed by atoms with van der Waals surface area (Å²) in [7, 11) is -0.547. The summed E-state index contributed by atoms with van der Waals surface area (Å²) < 4.78 is 36.7. The van der Waals surface area contributed by atoms with Gasteiger partial charge in [-0.25, -0.2) is 17.5 Å². The summed E-state index contributed by atoms with van der Waals surface area (Å²) in [6, 6.07) is 1.60. The first kappa shape index (κ1) is 16.8. The largest absolute Gasteiger partial charge is 0.478 e. The van der Waals surface area contributed by atoms with Crippen LogP contribution in [0.2, 0.25) is 0 Å². The van der Waals surface area contributed by atoms with Gasteiger partial charge in [0, 0.05) is 26.1 Å². The number of esters is 1. The molecule has 1 aromatic carbocycles. The van der Waals surface area contributed by atoms with Crippen molar-refractivity contribution in [2.45, 2.75) is 38.2 Å². The molecule has 0 amide bonds. The molecule has 0 saturated carbocycles. The normalized spacial score (nSPS) is 17.3. The third kappa shape index (κ3) is 2.70. The minimum Gasteiger partial charge on any atom is -0.478 e. The zero-order valence-corrected chi connectivity index (χ0v) is 14.3. The Morgan fingerprint density at radius 2 is 2.00 bits per heavy atom. The molecule has 1 unspecified atom stereocenters. The molecule has 0 aromatic heterocycles. The molecule has 122 valence electrons. The number of sulfonamides is 1. The average molecular weight is 327 g/mol. The standard InChI is InChI=1S/C15H21NO5S/c1-6-20-15(17)12-7-11-8-13(22(18,19)16(4)5)9(2)10(3)14(11)21-12/h8,12H,6-7H2,1-5H3. The number of benzene rings is 1. The molecule has 2 rings (SSSR count). The molecule has 0 N–H and O–H groups in total. The molecule has 1 atom stereocenters. The molecule has 0 aliphatic carbocycles. The summed E-state index contributed by atoms with van der Waals surface area (Å²) in [5, 5.41) is 0. The second-order valence-electron chi connectivity index (χ2n) is 5.46. The van der Waals surface area contributed by atoms with E-state index in [1.807, 2.05) is 0 Å². The summed E-state index contributed by atoms with van der Waals surface area (Å²) in [6.45, 7) is 5.56. The SMILES string of the molecule is CCOC(=O)C1Cc2cc(S(=O)(=O)N(C)C)c(C)c(C)c2O1. The van der Waals surface area contributed by atoms with E-state index in [2.05, 4.69) is 0 Å². The fourth-order valence-electron chi connectivity index (χ4n) is 2.46. The third-order valence-corrected chi connectivity index (χ3v) is 5.78. The zero-order valence-electron chi connectivity index (χ0n) is 13.5. The molecule has 0 spiro atoms. The molecule has 1 aliphatic rings. The van der Waals surface area contributed by atoms with Crippen molar-refractivity contribution in [1.82, 2.24) is 4.31 Å². The first-order chi connectivity index (χ1) is 10.2. The van der Waals surface area contributed by atoms with Crippen LogP contribution in [0.15, 0.2) is 11.0 Å². The van der Waals surface area contributed by atoms with Crippen molar-refractivity contribution in [2.75, 3.05) is 20.7 Å². The van der Waals surface area contributed by atoms with Gasteiger partial charge in [-0.1, -0.05) is 0 Å². The van der Waals surface area contributed by atoms with E-state index in [1.54, 1.807) is 26.8 Å². The fraction of sp³-hybridized carbons (Fsp3) is 0.533. The molecule has 22 heavy (non-hydrogen) atoms. The maximum absolute atomic E-state index is 12.4. The van der Waals surface area contributed by atoms with Crippen LogP contribution in [0.5, 0.6) is 5.75 Å². The second kappa shape index (κ2) is 5.89. The van der Waals surface area contributed by atoms with Crippen LogP contribution < -0.4 is 4.74 Å². The van der Waals surface area contributed by atoms with Gasteiger partial charge in [-0.05, 0) is 38.0 Å². The molecule has 7 heteroatoms. The quantitative estimate of drug-likeness (QED) is 0.782. The van der Waals surface area contributed by atoms with Gasteiger partial charge < -0.3 is 9.47 Å². The van der Waals surface area contributed by atoms with E-state index in [1.165, 1.54) is 18.4 Å². The van der Waals surface area contributed by atoms with Gasteiger partial charge in [-0.2, -0.15) is 0 Å². The Balaban J connectivity index is 2.47. The number of hydrogen-bond acceptors (Lipinski definition) is 5. The molecule has 0 fully saturated rings. The molecule has 6 nitrogen and oxygen atoms in total. The molecule has 0 radical (unpaired) electrons. The summed E-state index contributed by atoms with van der Waals surface area (Å²) in [6.07, 6.45) is -0.379. The zero-order chi connectivity index (χ0) is 16.7. The molecule has 0 bridgehead atoms. The maximum Gasteiger partial charge on any atom is 0.347 e. The number of carbonyl (C=O) groups excluding carboxylic acids is 1. The predicted molar refractivity (Wildman–Crippen MR) is 81.5 cm³/mol. The summed E-state index contributed by atoms with van der Waals surface area (Å²) >= 11 is 0. The van der Waals surface area contributed by atoms with Crippen LogP contribution in [0, 0.1) is 13.8 Å². The van der Waals surface area contributed by atoms with Crippen molar-refractivity contribution in [3.05, 3.63) is 22.8 Å². The lowest BCUT2D eigenvalue weighted by Crippen LogP contribution is -2.27.